The third kappa shape index (κ3) is 3.42. The molecule has 12 rings (SSSR count). The predicted molar refractivity (Wildman–Crippen MR) is 218 cm³/mol. The highest BCUT2D eigenvalue weighted by molar-refractivity contribution is 7.15. The van der Waals surface area contributed by atoms with Crippen LogP contribution in [0.4, 0.5) is 0 Å². The molecule has 3 aliphatic carbocycles. The zero-order chi connectivity index (χ0) is 35.1. The highest BCUT2D eigenvalue weighted by Crippen LogP contribution is 2.70. The highest BCUT2D eigenvalue weighted by Gasteiger charge is 2.60. The number of methoxy groups -OCH3 is 2. The maximum absolute atomic E-state index is 5.76. The monoisotopic (exact) mass is 717 g/mol. The van der Waals surface area contributed by atoms with Gasteiger partial charge in [0.05, 0.1) is 36.1 Å². The molecule has 5 heteroatoms. The van der Waals surface area contributed by atoms with Crippen molar-refractivity contribution in [1.82, 2.24) is 4.57 Å². The van der Waals surface area contributed by atoms with E-state index in [0.29, 0.717) is 0 Å². The Morgan fingerprint density at radius 3 is 1.38 bits per heavy atom. The maximum atomic E-state index is 5.76. The van der Waals surface area contributed by atoms with Gasteiger partial charge in [0.15, 0.2) is 0 Å². The molecule has 3 aromatic heterocycles. The molecule has 6 aromatic carbocycles. The van der Waals surface area contributed by atoms with E-state index < -0.39 is 10.8 Å². The van der Waals surface area contributed by atoms with Crippen molar-refractivity contribution in [3.05, 3.63) is 194 Å². The van der Waals surface area contributed by atoms with Crippen molar-refractivity contribution < 1.29 is 9.47 Å². The van der Waals surface area contributed by atoms with E-state index in [9.17, 15) is 0 Å². The van der Waals surface area contributed by atoms with Gasteiger partial charge in [-0.1, -0.05) is 97.1 Å². The lowest BCUT2D eigenvalue weighted by atomic mass is 9.58. The Morgan fingerprint density at radius 2 is 0.906 bits per heavy atom. The van der Waals surface area contributed by atoms with Gasteiger partial charge in [-0.3, -0.25) is 0 Å². The van der Waals surface area contributed by atoms with Crippen LogP contribution >= 0.6 is 22.7 Å². The van der Waals surface area contributed by atoms with E-state index in [2.05, 4.69) is 156 Å². The first kappa shape index (κ1) is 29.7. The Hall–Kier alpha value is -5.88. The van der Waals surface area contributed by atoms with E-state index in [4.69, 9.17) is 9.47 Å². The summed E-state index contributed by atoms with van der Waals surface area (Å²) in [6.45, 7) is 0. The Balaban J connectivity index is 1.28. The van der Waals surface area contributed by atoms with Crippen LogP contribution in [0, 0.1) is 0 Å². The molecule has 3 nitrogen and oxygen atoms in total. The van der Waals surface area contributed by atoms with Crippen LogP contribution in [0.5, 0.6) is 11.5 Å². The molecule has 0 saturated carbocycles. The van der Waals surface area contributed by atoms with Gasteiger partial charge in [-0.2, -0.15) is 0 Å². The molecule has 0 unspecified atom stereocenters. The SMILES string of the molecule is COc1ccc2c(c1)c1cc(OC)ccc1n2-c1cc2c(s1)C1(c3ccccc3-c3ccccc31)c1ccsc1C21c2ccccc2-c2ccccc21. The molecular weight excluding hydrogens is 687 g/mol. The molecule has 252 valence electrons. The van der Waals surface area contributed by atoms with Gasteiger partial charge in [0.1, 0.15) is 16.5 Å². The van der Waals surface area contributed by atoms with Crippen molar-refractivity contribution in [2.75, 3.05) is 14.2 Å². The average Bonchev–Trinajstić information content (AvgIpc) is 4.04. The number of nitrogens with zero attached hydrogens (tertiary/aromatic N) is 1. The van der Waals surface area contributed by atoms with Gasteiger partial charge in [0.25, 0.3) is 0 Å². The first-order chi connectivity index (χ1) is 26.2. The molecule has 9 aromatic rings. The second kappa shape index (κ2) is 10.4. The normalized spacial score (nSPS) is 14.9. The van der Waals surface area contributed by atoms with Gasteiger partial charge in [0.2, 0.25) is 0 Å². The number of fused-ring (bicyclic) bond motifs is 19. The molecule has 3 aliphatic rings. The largest absolute Gasteiger partial charge is 0.497 e. The van der Waals surface area contributed by atoms with Crippen LogP contribution in [0.15, 0.2) is 151 Å². The lowest BCUT2D eigenvalue weighted by molar-refractivity contribution is 0.415. The Kier molecular flexibility index (Phi) is 5.81. The fourth-order valence-corrected chi connectivity index (χ4v) is 12.9. The standard InChI is InChI=1S/C48H31NO2S2/c1-50-28-19-21-42-34(25-28)35-26-29(51-2)20-22-43(35)49(42)44-27-41-46(53-44)47(36-15-7-3-11-30(36)31-12-4-8-16-37(31)47)40-23-24-52-45(40)48(41)38-17-9-5-13-32(38)33-14-6-10-18-39(33)48/h3-27H,1-2H3. The van der Waals surface area contributed by atoms with Crippen LogP contribution in [0.25, 0.3) is 49.1 Å². The van der Waals surface area contributed by atoms with Crippen molar-refractivity contribution in [1.29, 1.82) is 0 Å². The summed E-state index contributed by atoms with van der Waals surface area (Å²) in [6, 6.07) is 54.4. The van der Waals surface area contributed by atoms with Crippen molar-refractivity contribution >= 4 is 44.5 Å². The number of rotatable bonds is 3. The minimum Gasteiger partial charge on any atom is -0.497 e. The molecule has 53 heavy (non-hydrogen) atoms. The minimum absolute atomic E-state index is 0.469. The van der Waals surface area contributed by atoms with Gasteiger partial charge in [0, 0.05) is 20.5 Å². The summed E-state index contributed by atoms with van der Waals surface area (Å²) in [5.41, 5.74) is 14.8. The van der Waals surface area contributed by atoms with Gasteiger partial charge in [-0.15, -0.1) is 22.7 Å². The van der Waals surface area contributed by atoms with Crippen LogP contribution < -0.4 is 9.47 Å². The van der Waals surface area contributed by atoms with E-state index in [1.54, 1.807) is 14.2 Å². The first-order valence-electron chi connectivity index (χ1n) is 18.0. The number of aromatic nitrogens is 1. The van der Waals surface area contributed by atoms with Gasteiger partial charge >= 0.3 is 0 Å². The number of thiophene rings is 2. The van der Waals surface area contributed by atoms with Crippen LogP contribution in [0.3, 0.4) is 0 Å². The highest BCUT2D eigenvalue weighted by atomic mass is 32.1. The molecule has 0 radical (unpaired) electrons. The third-order valence-electron chi connectivity index (χ3n) is 12.2. The fourth-order valence-electron chi connectivity index (χ4n) is 10.2. The Labute approximate surface area is 315 Å². The number of hydrogen-bond donors (Lipinski definition) is 0. The average molecular weight is 718 g/mol. The summed E-state index contributed by atoms with van der Waals surface area (Å²) in [4.78, 5) is 2.80. The molecule has 0 fully saturated rings. The van der Waals surface area contributed by atoms with Crippen LogP contribution in [0.2, 0.25) is 0 Å². The first-order valence-corrected chi connectivity index (χ1v) is 19.7. The van der Waals surface area contributed by atoms with Crippen LogP contribution in [-0.2, 0) is 10.8 Å². The Bertz CT molecular complexity index is 2730. The number of ether oxygens (including phenoxy) is 2. The van der Waals surface area contributed by atoms with Crippen LogP contribution in [0.1, 0.15) is 43.1 Å². The zero-order valence-corrected chi connectivity index (χ0v) is 30.6. The summed E-state index contributed by atoms with van der Waals surface area (Å²) < 4.78 is 14.0. The number of hydrogen-bond acceptors (Lipinski definition) is 4. The minimum atomic E-state index is -0.469. The van der Waals surface area contributed by atoms with E-state index >= 15 is 0 Å². The van der Waals surface area contributed by atoms with Crippen molar-refractivity contribution in [3.63, 3.8) is 0 Å². The van der Waals surface area contributed by atoms with E-state index in [1.165, 1.54) is 70.4 Å². The summed E-state index contributed by atoms with van der Waals surface area (Å²) in [6.07, 6.45) is 0. The second-order valence-electron chi connectivity index (χ2n) is 14.3. The Morgan fingerprint density at radius 1 is 0.453 bits per heavy atom. The van der Waals surface area contributed by atoms with E-state index in [1.807, 2.05) is 22.7 Å². The van der Waals surface area contributed by atoms with Gasteiger partial charge in [-0.25, -0.2) is 0 Å². The van der Waals surface area contributed by atoms with Gasteiger partial charge < -0.3 is 14.0 Å². The molecule has 3 heterocycles. The van der Waals surface area contributed by atoms with Gasteiger partial charge in [-0.05, 0) is 110 Å². The molecule has 0 amide bonds. The fraction of sp³-hybridized carbons (Fsp3) is 0.0833. The number of benzene rings is 6. The predicted octanol–water partition coefficient (Wildman–Crippen LogP) is 12.0. The lowest BCUT2D eigenvalue weighted by Gasteiger charge is -2.45. The second-order valence-corrected chi connectivity index (χ2v) is 16.2. The summed E-state index contributed by atoms with van der Waals surface area (Å²) in [5, 5.41) is 5.82. The summed E-state index contributed by atoms with van der Waals surface area (Å²) in [5.74, 6) is 1.68. The van der Waals surface area contributed by atoms with Crippen LogP contribution in [-0.4, -0.2) is 18.8 Å². The zero-order valence-electron chi connectivity index (χ0n) is 29.0. The summed E-state index contributed by atoms with van der Waals surface area (Å²) in [7, 11) is 3.47. The molecule has 0 N–H and O–H groups in total. The van der Waals surface area contributed by atoms with Crippen molar-refractivity contribution in [3.8, 4) is 38.8 Å². The third-order valence-corrected chi connectivity index (χ3v) is 14.5. The van der Waals surface area contributed by atoms with Crippen molar-refractivity contribution in [2.24, 2.45) is 0 Å². The van der Waals surface area contributed by atoms with E-state index in [-0.39, 0.29) is 0 Å². The summed E-state index contributed by atoms with van der Waals surface area (Å²) >= 11 is 3.86. The molecule has 2 spiro atoms. The molecule has 0 saturated heterocycles. The molecular formula is C48H31NO2S2. The molecule has 0 atom stereocenters. The maximum Gasteiger partial charge on any atom is 0.119 e. The smallest absolute Gasteiger partial charge is 0.119 e. The topological polar surface area (TPSA) is 23.4 Å². The lowest BCUT2D eigenvalue weighted by Crippen LogP contribution is -2.41. The quantitative estimate of drug-likeness (QED) is 0.182. The van der Waals surface area contributed by atoms with Crippen molar-refractivity contribution in [2.45, 2.75) is 10.8 Å². The van der Waals surface area contributed by atoms with E-state index in [0.717, 1.165) is 33.3 Å². The molecule has 0 bridgehead atoms. The molecule has 0 aliphatic heterocycles.